The molecule has 1 atom stereocenters. The molecule has 9 heteroatoms. The number of carbonyl (C=O) groups excluding carboxylic acids is 2. The van der Waals surface area contributed by atoms with Gasteiger partial charge in [-0.3, -0.25) is 19.7 Å². The molecule has 0 aromatic heterocycles. The topological polar surface area (TPSA) is 151 Å². The summed E-state index contributed by atoms with van der Waals surface area (Å²) in [5.41, 5.74) is 10.3. The average Bonchev–Trinajstić information content (AvgIpc) is 2.37. The molecule has 0 spiro atoms. The number of anilines is 1. The van der Waals surface area contributed by atoms with E-state index in [2.05, 4.69) is 5.32 Å². The number of hydrogen-bond acceptors (Lipinski definition) is 6. The molecule has 0 heterocycles. The van der Waals surface area contributed by atoms with Gasteiger partial charge in [-0.25, -0.2) is 0 Å². The maximum Gasteiger partial charge on any atom is 0.271 e. The minimum atomic E-state index is -1.14. The number of rotatable bonds is 6. The van der Waals surface area contributed by atoms with Crippen LogP contribution in [-0.2, 0) is 9.59 Å². The van der Waals surface area contributed by atoms with Gasteiger partial charge in [-0.15, -0.1) is 0 Å². The van der Waals surface area contributed by atoms with Gasteiger partial charge in [0.05, 0.1) is 30.2 Å². The van der Waals surface area contributed by atoms with Crippen molar-refractivity contribution in [2.45, 2.75) is 12.5 Å². The van der Waals surface area contributed by atoms with Crippen molar-refractivity contribution in [3.63, 3.8) is 0 Å². The largest absolute Gasteiger partial charge is 0.495 e. The third-order valence-corrected chi connectivity index (χ3v) is 2.41. The van der Waals surface area contributed by atoms with Crippen molar-refractivity contribution in [1.29, 1.82) is 0 Å². The van der Waals surface area contributed by atoms with E-state index in [1.807, 2.05) is 0 Å². The number of nitro groups is 1. The van der Waals surface area contributed by atoms with E-state index < -0.39 is 22.8 Å². The van der Waals surface area contributed by atoms with E-state index >= 15 is 0 Å². The first-order valence-electron chi connectivity index (χ1n) is 5.52. The van der Waals surface area contributed by atoms with Crippen molar-refractivity contribution in [3.05, 3.63) is 28.3 Å². The van der Waals surface area contributed by atoms with Gasteiger partial charge in [-0.2, -0.15) is 0 Å². The third-order valence-electron chi connectivity index (χ3n) is 2.41. The molecule has 0 aliphatic rings. The minimum absolute atomic E-state index is 0.0895. The maximum atomic E-state index is 11.7. The normalized spacial score (nSPS) is 11.5. The van der Waals surface area contributed by atoms with Gasteiger partial charge in [-0.05, 0) is 6.07 Å². The Bertz CT molecular complexity index is 546. The summed E-state index contributed by atoms with van der Waals surface area (Å²) < 4.78 is 4.97. The number of nitrogens with zero attached hydrogens (tertiary/aromatic N) is 1. The zero-order chi connectivity index (χ0) is 15.3. The number of amides is 2. The summed E-state index contributed by atoms with van der Waals surface area (Å²) in [6.07, 6.45) is -0.330. The van der Waals surface area contributed by atoms with Crippen molar-refractivity contribution < 1.29 is 19.2 Å². The highest BCUT2D eigenvalue weighted by Crippen LogP contribution is 2.28. The van der Waals surface area contributed by atoms with E-state index in [-0.39, 0.29) is 23.5 Å². The number of nitrogens with two attached hydrogens (primary N) is 2. The van der Waals surface area contributed by atoms with Gasteiger partial charge in [0.2, 0.25) is 11.8 Å². The summed E-state index contributed by atoms with van der Waals surface area (Å²) in [6.45, 7) is 0. The molecule has 20 heavy (non-hydrogen) atoms. The molecular weight excluding hydrogens is 268 g/mol. The lowest BCUT2D eigenvalue weighted by Gasteiger charge is -2.13. The summed E-state index contributed by atoms with van der Waals surface area (Å²) in [4.78, 5) is 32.5. The molecule has 0 aliphatic heterocycles. The van der Waals surface area contributed by atoms with Crippen molar-refractivity contribution in [3.8, 4) is 5.75 Å². The van der Waals surface area contributed by atoms with Crippen LogP contribution in [-0.4, -0.2) is 29.9 Å². The molecule has 0 bridgehead atoms. The Hall–Kier alpha value is -2.68. The fraction of sp³-hybridized carbons (Fsp3) is 0.273. The van der Waals surface area contributed by atoms with Crippen LogP contribution in [0.3, 0.4) is 0 Å². The quantitative estimate of drug-likeness (QED) is 0.483. The summed E-state index contributed by atoms with van der Waals surface area (Å²) in [5, 5.41) is 13.0. The van der Waals surface area contributed by atoms with Crippen molar-refractivity contribution >= 4 is 23.2 Å². The molecule has 0 fully saturated rings. The molecule has 9 nitrogen and oxygen atoms in total. The van der Waals surface area contributed by atoms with Gasteiger partial charge in [0.1, 0.15) is 5.75 Å². The second-order valence-corrected chi connectivity index (χ2v) is 3.91. The fourth-order valence-corrected chi connectivity index (χ4v) is 1.44. The molecule has 0 saturated carbocycles. The zero-order valence-corrected chi connectivity index (χ0v) is 10.7. The van der Waals surface area contributed by atoms with Gasteiger partial charge < -0.3 is 21.5 Å². The maximum absolute atomic E-state index is 11.7. The van der Waals surface area contributed by atoms with Gasteiger partial charge >= 0.3 is 0 Å². The van der Waals surface area contributed by atoms with Crippen LogP contribution in [0.25, 0.3) is 0 Å². The van der Waals surface area contributed by atoms with Crippen molar-refractivity contribution in [1.82, 2.24) is 0 Å². The van der Waals surface area contributed by atoms with Crippen LogP contribution in [0.5, 0.6) is 5.75 Å². The molecule has 0 aliphatic carbocycles. The lowest BCUT2D eigenvalue weighted by Crippen LogP contribution is -2.39. The van der Waals surface area contributed by atoms with E-state index in [0.29, 0.717) is 0 Å². The van der Waals surface area contributed by atoms with E-state index in [1.54, 1.807) is 0 Å². The lowest BCUT2D eigenvalue weighted by atomic mass is 10.2. The molecule has 5 N–H and O–H groups in total. The second kappa shape index (κ2) is 6.48. The molecule has 1 unspecified atom stereocenters. The Balaban J connectivity index is 2.94. The highest BCUT2D eigenvalue weighted by molar-refractivity contribution is 5.98. The average molecular weight is 282 g/mol. The first-order valence-corrected chi connectivity index (χ1v) is 5.52. The lowest BCUT2D eigenvalue weighted by molar-refractivity contribution is -0.384. The van der Waals surface area contributed by atoms with Crippen LogP contribution in [0.1, 0.15) is 6.42 Å². The molecule has 0 radical (unpaired) electrons. The number of methoxy groups -OCH3 is 1. The smallest absolute Gasteiger partial charge is 0.271 e. The molecule has 1 aromatic rings. The van der Waals surface area contributed by atoms with Gasteiger partial charge in [-0.1, -0.05) is 0 Å². The number of benzene rings is 1. The van der Waals surface area contributed by atoms with Crippen molar-refractivity contribution in [2.75, 3.05) is 12.4 Å². The van der Waals surface area contributed by atoms with Crippen LogP contribution in [0.15, 0.2) is 18.2 Å². The molecule has 108 valence electrons. The Morgan fingerprint density at radius 3 is 2.65 bits per heavy atom. The van der Waals surface area contributed by atoms with Gasteiger partial charge in [0.15, 0.2) is 0 Å². The Labute approximate surface area is 114 Å². The summed E-state index contributed by atoms with van der Waals surface area (Å²) in [6, 6.07) is 2.57. The fourth-order valence-electron chi connectivity index (χ4n) is 1.44. The minimum Gasteiger partial charge on any atom is -0.495 e. The van der Waals surface area contributed by atoms with E-state index in [4.69, 9.17) is 16.2 Å². The van der Waals surface area contributed by atoms with Gasteiger partial charge in [0.25, 0.3) is 5.69 Å². The number of hydrogen-bond donors (Lipinski definition) is 3. The van der Waals surface area contributed by atoms with E-state index in [0.717, 1.165) is 6.07 Å². The number of nitro benzene ring substituents is 1. The Morgan fingerprint density at radius 1 is 1.50 bits per heavy atom. The van der Waals surface area contributed by atoms with Gasteiger partial charge in [0, 0.05) is 12.1 Å². The molecule has 0 saturated heterocycles. The number of nitrogens with one attached hydrogen (secondary N) is 1. The standard InChI is InChI=1S/C11H14N4O5/c1-20-9-3-2-6(15(18)19)4-8(9)14-11(17)7(12)5-10(13)16/h2-4,7H,5,12H2,1H3,(H2,13,16)(H,14,17). The van der Waals surface area contributed by atoms with Crippen LogP contribution in [0.4, 0.5) is 11.4 Å². The zero-order valence-electron chi connectivity index (χ0n) is 10.7. The number of non-ortho nitro benzene ring substituents is 1. The Kier molecular flexibility index (Phi) is 4.98. The summed E-state index contributed by atoms with van der Waals surface area (Å²) in [7, 11) is 1.35. The second-order valence-electron chi connectivity index (χ2n) is 3.91. The first-order chi connectivity index (χ1) is 9.35. The molecule has 1 aromatic carbocycles. The third kappa shape index (κ3) is 3.92. The van der Waals surface area contributed by atoms with Crippen LogP contribution < -0.4 is 21.5 Å². The molecule has 2 amide bonds. The highest BCUT2D eigenvalue weighted by atomic mass is 16.6. The highest BCUT2D eigenvalue weighted by Gasteiger charge is 2.19. The Morgan fingerprint density at radius 2 is 2.15 bits per heavy atom. The summed E-state index contributed by atoms with van der Waals surface area (Å²) in [5.74, 6) is -1.18. The predicted octanol–water partition coefficient (Wildman–Crippen LogP) is -0.255. The predicted molar refractivity (Wildman–Crippen MR) is 70.1 cm³/mol. The monoisotopic (exact) mass is 282 g/mol. The van der Waals surface area contributed by atoms with Crippen LogP contribution in [0, 0.1) is 10.1 Å². The first kappa shape index (κ1) is 15.4. The number of carbonyl (C=O) groups is 2. The van der Waals surface area contributed by atoms with Crippen molar-refractivity contribution in [2.24, 2.45) is 11.5 Å². The van der Waals surface area contributed by atoms with Crippen LogP contribution in [0.2, 0.25) is 0 Å². The number of ether oxygens (including phenoxy) is 1. The summed E-state index contributed by atoms with van der Waals surface area (Å²) >= 11 is 0. The van der Waals surface area contributed by atoms with E-state index in [9.17, 15) is 19.7 Å². The number of primary amides is 1. The SMILES string of the molecule is COc1ccc([N+](=O)[O-])cc1NC(=O)C(N)CC(N)=O. The molecule has 1 rings (SSSR count). The molecular formula is C11H14N4O5. The van der Waals surface area contributed by atoms with Crippen LogP contribution >= 0.6 is 0 Å². The van der Waals surface area contributed by atoms with E-state index in [1.165, 1.54) is 19.2 Å².